The highest BCUT2D eigenvalue weighted by Gasteiger charge is 2.44. The minimum atomic E-state index is -0.809. The lowest BCUT2D eigenvalue weighted by Crippen LogP contribution is -2.35. The van der Waals surface area contributed by atoms with Gasteiger partial charge in [-0.15, -0.1) is 0 Å². The van der Waals surface area contributed by atoms with Gasteiger partial charge in [0.25, 0.3) is 0 Å². The molecule has 39 heavy (non-hydrogen) atoms. The maximum absolute atomic E-state index is 9.16. The predicted octanol–water partition coefficient (Wildman–Crippen LogP) is 7.87. The maximum atomic E-state index is 9.16. The summed E-state index contributed by atoms with van der Waals surface area (Å²) in [5.41, 5.74) is 7.55. The molecule has 1 aliphatic carbocycles. The second kappa shape index (κ2) is 8.86. The van der Waals surface area contributed by atoms with Crippen LogP contribution in [0.3, 0.4) is 0 Å². The number of benzene rings is 5. The minimum absolute atomic E-state index is 0.0179. The number of hydrogen-bond acceptors (Lipinski definition) is 3. The van der Waals surface area contributed by atoms with Gasteiger partial charge in [-0.25, -0.2) is 0 Å². The minimum Gasteiger partial charge on any atom is -0.491 e. The Balaban J connectivity index is 1.48. The van der Waals surface area contributed by atoms with Gasteiger partial charge in [0.1, 0.15) is 18.1 Å². The Labute approximate surface area is 229 Å². The Kier molecular flexibility index (Phi) is 5.40. The fourth-order valence-corrected chi connectivity index (χ4v) is 6.53. The second-order valence-corrected chi connectivity index (χ2v) is 10.8. The summed E-state index contributed by atoms with van der Waals surface area (Å²) < 4.78 is 12.9. The van der Waals surface area contributed by atoms with Crippen molar-refractivity contribution in [3.05, 3.63) is 137 Å². The lowest BCUT2D eigenvalue weighted by molar-refractivity contribution is 0.163. The zero-order valence-corrected chi connectivity index (χ0v) is 22.1. The van der Waals surface area contributed by atoms with Crippen LogP contribution in [0, 0.1) is 0 Å². The lowest BCUT2D eigenvalue weighted by Gasteiger charge is -2.38. The molecule has 0 bridgehead atoms. The molecule has 3 nitrogen and oxygen atoms in total. The molecule has 1 heterocycles. The number of rotatable bonds is 5. The number of ether oxygens (including phenoxy) is 2. The van der Waals surface area contributed by atoms with Crippen molar-refractivity contribution < 1.29 is 14.6 Å². The molecule has 2 aliphatic rings. The van der Waals surface area contributed by atoms with Crippen molar-refractivity contribution >= 4 is 16.8 Å². The van der Waals surface area contributed by atoms with Gasteiger partial charge >= 0.3 is 0 Å². The highest BCUT2D eigenvalue weighted by molar-refractivity contribution is 6.08. The van der Waals surface area contributed by atoms with Crippen LogP contribution in [0.2, 0.25) is 0 Å². The molecular weight excluding hydrogens is 480 g/mol. The van der Waals surface area contributed by atoms with Crippen LogP contribution >= 0.6 is 0 Å². The molecule has 1 atom stereocenters. The van der Waals surface area contributed by atoms with Crippen LogP contribution in [0.25, 0.3) is 28.0 Å². The van der Waals surface area contributed by atoms with Crippen molar-refractivity contribution in [2.24, 2.45) is 0 Å². The molecule has 1 aliphatic heterocycles. The average Bonchev–Trinajstić information content (AvgIpc) is 3.24. The fourth-order valence-electron chi connectivity index (χ4n) is 6.53. The summed E-state index contributed by atoms with van der Waals surface area (Å²) in [6.45, 7) is 4.90. The van der Waals surface area contributed by atoms with Crippen molar-refractivity contribution in [1.29, 1.82) is 0 Å². The molecule has 7 rings (SSSR count). The molecule has 1 unspecified atom stereocenters. The van der Waals surface area contributed by atoms with E-state index in [1.807, 2.05) is 18.2 Å². The van der Waals surface area contributed by atoms with Gasteiger partial charge in [-0.3, -0.25) is 0 Å². The van der Waals surface area contributed by atoms with Crippen molar-refractivity contribution in [2.45, 2.75) is 24.9 Å². The normalized spacial score (nSPS) is 18.2. The molecule has 5 aromatic rings. The summed E-state index contributed by atoms with van der Waals surface area (Å²) in [5.74, 6) is 1.64. The van der Waals surface area contributed by atoms with Crippen molar-refractivity contribution in [2.75, 3.05) is 13.2 Å². The summed E-state index contributed by atoms with van der Waals surface area (Å²) >= 11 is 0. The molecule has 0 amide bonds. The topological polar surface area (TPSA) is 38.7 Å². The Bertz CT molecular complexity index is 1730. The molecule has 0 saturated carbocycles. The number of fused-ring (bicyclic) bond motifs is 8. The Morgan fingerprint density at radius 1 is 0.744 bits per heavy atom. The molecule has 3 heteroatoms. The maximum Gasteiger partial charge on any atom is 0.178 e. The van der Waals surface area contributed by atoms with Gasteiger partial charge in [0, 0.05) is 27.5 Å². The van der Waals surface area contributed by atoms with E-state index in [-0.39, 0.29) is 18.6 Å². The first-order chi connectivity index (χ1) is 19.0. The van der Waals surface area contributed by atoms with Crippen LogP contribution in [0.4, 0.5) is 0 Å². The third-order valence-electron chi connectivity index (χ3n) is 8.29. The largest absolute Gasteiger partial charge is 0.491 e. The Morgan fingerprint density at radius 2 is 1.41 bits per heavy atom. The molecule has 0 aromatic heterocycles. The molecule has 0 saturated heterocycles. The summed E-state index contributed by atoms with van der Waals surface area (Å²) in [4.78, 5) is 0. The van der Waals surface area contributed by atoms with Gasteiger partial charge < -0.3 is 14.6 Å². The van der Waals surface area contributed by atoms with Crippen LogP contribution in [-0.4, -0.2) is 18.3 Å². The van der Waals surface area contributed by atoms with Gasteiger partial charge in [0.2, 0.25) is 0 Å². The van der Waals surface area contributed by atoms with Crippen LogP contribution in [-0.2, 0) is 11.0 Å². The Hall–Kier alpha value is -4.34. The molecule has 0 radical (unpaired) electrons. The third kappa shape index (κ3) is 3.47. The van der Waals surface area contributed by atoms with E-state index >= 15 is 0 Å². The average molecular weight is 511 g/mol. The highest BCUT2D eigenvalue weighted by Crippen LogP contribution is 2.57. The van der Waals surface area contributed by atoms with E-state index < -0.39 is 5.60 Å². The lowest BCUT2D eigenvalue weighted by atomic mass is 9.77. The van der Waals surface area contributed by atoms with E-state index in [1.54, 1.807) is 0 Å². The first-order valence-electron chi connectivity index (χ1n) is 13.5. The van der Waals surface area contributed by atoms with E-state index in [9.17, 15) is 0 Å². The molecule has 192 valence electrons. The van der Waals surface area contributed by atoms with Crippen molar-refractivity contribution in [3.63, 3.8) is 0 Å². The summed E-state index contributed by atoms with van der Waals surface area (Å²) in [6, 6.07) is 35.8. The molecule has 1 N–H and O–H groups in total. The summed E-state index contributed by atoms with van der Waals surface area (Å²) in [7, 11) is 0. The zero-order chi connectivity index (χ0) is 26.6. The summed E-state index contributed by atoms with van der Waals surface area (Å²) in [6.07, 6.45) is 4.49. The quantitative estimate of drug-likeness (QED) is 0.261. The number of aliphatic hydroxyl groups excluding tert-OH is 1. The molecule has 5 aromatic carbocycles. The van der Waals surface area contributed by atoms with E-state index in [1.165, 1.54) is 27.6 Å². The van der Waals surface area contributed by atoms with Gasteiger partial charge in [0.15, 0.2) is 5.60 Å². The van der Waals surface area contributed by atoms with Crippen LogP contribution in [0.1, 0.15) is 41.7 Å². The smallest absolute Gasteiger partial charge is 0.178 e. The molecule has 0 fully saturated rings. The fraction of sp³-hybridized carbons (Fsp3) is 0.167. The van der Waals surface area contributed by atoms with Crippen molar-refractivity contribution in [3.8, 4) is 22.6 Å². The molecule has 0 spiro atoms. The van der Waals surface area contributed by atoms with Crippen LogP contribution < -0.4 is 9.47 Å². The van der Waals surface area contributed by atoms with Crippen LogP contribution in [0.15, 0.2) is 109 Å². The Morgan fingerprint density at radius 3 is 2.18 bits per heavy atom. The first kappa shape index (κ1) is 23.8. The third-order valence-corrected chi connectivity index (χ3v) is 8.29. The first-order valence-corrected chi connectivity index (χ1v) is 13.5. The summed E-state index contributed by atoms with van der Waals surface area (Å²) in [5, 5.41) is 11.5. The zero-order valence-electron chi connectivity index (χ0n) is 22.1. The SMILES string of the molecule is CC1(C)c2ccccc2-c2c1c1c(c3ccccc23)OC(c2ccccc2)(c2ccc(OCCO)cc2)C=C1. The predicted molar refractivity (Wildman–Crippen MR) is 157 cm³/mol. The van der Waals surface area contributed by atoms with Gasteiger partial charge in [0.05, 0.1) is 6.61 Å². The monoisotopic (exact) mass is 510 g/mol. The molecular formula is C36H30O3. The van der Waals surface area contributed by atoms with E-state index in [2.05, 4.69) is 111 Å². The van der Waals surface area contributed by atoms with Gasteiger partial charge in [-0.05, 0) is 45.8 Å². The standard InChI is InChI=1S/C36H30O3/c1-35(2)31-15-9-8-14-29(31)32-27-12-6-7-13-28(27)34-30(33(32)35)20-21-36(39-34,24-10-4-3-5-11-24)25-16-18-26(19-17-25)38-23-22-37/h3-21,37H,22-23H2,1-2H3. The van der Waals surface area contributed by atoms with Crippen molar-refractivity contribution in [1.82, 2.24) is 0 Å². The number of aliphatic hydroxyl groups is 1. The highest BCUT2D eigenvalue weighted by atomic mass is 16.5. The van der Waals surface area contributed by atoms with E-state index in [0.29, 0.717) is 0 Å². The van der Waals surface area contributed by atoms with E-state index in [4.69, 9.17) is 14.6 Å². The number of hydrogen-bond donors (Lipinski definition) is 1. The van der Waals surface area contributed by atoms with Gasteiger partial charge in [-0.2, -0.15) is 0 Å². The van der Waals surface area contributed by atoms with Crippen LogP contribution in [0.5, 0.6) is 11.5 Å². The second-order valence-electron chi connectivity index (χ2n) is 10.8. The van der Waals surface area contributed by atoms with Gasteiger partial charge in [-0.1, -0.05) is 111 Å². The van der Waals surface area contributed by atoms with E-state index in [0.717, 1.165) is 33.6 Å².